The highest BCUT2D eigenvalue weighted by Gasteiger charge is 2.16. The number of hydrogen-bond donors (Lipinski definition) is 0. The van der Waals surface area contributed by atoms with Gasteiger partial charge in [-0.05, 0) is 48.4 Å². The van der Waals surface area contributed by atoms with Gasteiger partial charge in [0.1, 0.15) is 5.82 Å². The van der Waals surface area contributed by atoms with Gasteiger partial charge in [-0.15, -0.1) is 0 Å². The molecule has 0 bridgehead atoms. The summed E-state index contributed by atoms with van der Waals surface area (Å²) in [6, 6.07) is 19.2. The SMILES string of the molecule is CC[C@H](C)c1nc2ccc(Br)cc2c(=O)n1N=Cc1cn(Cc2ccc(Cl)cc2Cl)c2ccccc12. The van der Waals surface area contributed by atoms with Crippen LogP contribution in [0.15, 0.2) is 81.2 Å². The van der Waals surface area contributed by atoms with Crippen LogP contribution < -0.4 is 5.56 Å². The molecule has 0 aliphatic heterocycles. The highest BCUT2D eigenvalue weighted by molar-refractivity contribution is 9.10. The summed E-state index contributed by atoms with van der Waals surface area (Å²) in [6.07, 6.45) is 4.60. The Kier molecular flexibility index (Phi) is 7.02. The molecule has 0 radical (unpaired) electrons. The molecule has 0 aliphatic rings. The van der Waals surface area contributed by atoms with Gasteiger partial charge in [0.25, 0.3) is 5.56 Å². The maximum Gasteiger partial charge on any atom is 0.282 e. The van der Waals surface area contributed by atoms with Gasteiger partial charge in [-0.25, -0.2) is 4.98 Å². The van der Waals surface area contributed by atoms with Crippen LogP contribution in [0.2, 0.25) is 10.0 Å². The first kappa shape index (κ1) is 24.8. The molecule has 0 saturated carbocycles. The van der Waals surface area contributed by atoms with Gasteiger partial charge in [0.05, 0.1) is 17.1 Å². The zero-order valence-electron chi connectivity index (χ0n) is 19.8. The maximum absolute atomic E-state index is 13.5. The van der Waals surface area contributed by atoms with E-state index in [-0.39, 0.29) is 11.5 Å². The molecule has 0 spiro atoms. The van der Waals surface area contributed by atoms with Crippen molar-refractivity contribution in [3.63, 3.8) is 0 Å². The Morgan fingerprint density at radius 2 is 1.89 bits per heavy atom. The largest absolute Gasteiger partial charge is 0.342 e. The van der Waals surface area contributed by atoms with Crippen molar-refractivity contribution in [1.82, 2.24) is 14.2 Å². The van der Waals surface area contributed by atoms with Crippen LogP contribution in [0.25, 0.3) is 21.8 Å². The van der Waals surface area contributed by atoms with Crippen LogP contribution in [0, 0.1) is 0 Å². The van der Waals surface area contributed by atoms with E-state index < -0.39 is 0 Å². The predicted molar refractivity (Wildman–Crippen MR) is 153 cm³/mol. The number of rotatable bonds is 6. The number of aromatic nitrogens is 3. The molecule has 2 aromatic heterocycles. The van der Waals surface area contributed by atoms with E-state index in [9.17, 15) is 4.79 Å². The van der Waals surface area contributed by atoms with Crippen LogP contribution >= 0.6 is 39.1 Å². The fourth-order valence-electron chi connectivity index (χ4n) is 4.24. The summed E-state index contributed by atoms with van der Waals surface area (Å²) < 4.78 is 4.38. The van der Waals surface area contributed by atoms with Gasteiger partial charge in [0.15, 0.2) is 0 Å². The Morgan fingerprint density at radius 1 is 1.08 bits per heavy atom. The lowest BCUT2D eigenvalue weighted by atomic mass is 10.1. The Bertz CT molecular complexity index is 1690. The molecule has 5 nitrogen and oxygen atoms in total. The van der Waals surface area contributed by atoms with Gasteiger partial charge in [0, 0.05) is 49.6 Å². The van der Waals surface area contributed by atoms with E-state index in [1.807, 2.05) is 48.7 Å². The first-order chi connectivity index (χ1) is 17.4. The molecule has 0 amide bonds. The molecule has 0 fully saturated rings. The molecule has 3 aromatic carbocycles. The summed E-state index contributed by atoms with van der Waals surface area (Å²) in [6.45, 7) is 4.71. The van der Waals surface area contributed by atoms with Crippen molar-refractivity contribution in [3.8, 4) is 0 Å². The van der Waals surface area contributed by atoms with E-state index >= 15 is 0 Å². The van der Waals surface area contributed by atoms with Crippen molar-refractivity contribution in [3.05, 3.63) is 109 Å². The number of nitrogens with zero attached hydrogens (tertiary/aromatic N) is 4. The van der Waals surface area contributed by atoms with Crippen LogP contribution in [0.4, 0.5) is 0 Å². The molecule has 2 heterocycles. The average molecular weight is 582 g/mol. The summed E-state index contributed by atoms with van der Waals surface area (Å²) in [5.74, 6) is 0.710. The van der Waals surface area contributed by atoms with Gasteiger partial charge < -0.3 is 4.57 Å². The van der Waals surface area contributed by atoms with Gasteiger partial charge in [-0.3, -0.25) is 4.79 Å². The first-order valence-electron chi connectivity index (χ1n) is 11.6. The Balaban J connectivity index is 1.62. The van der Waals surface area contributed by atoms with Crippen molar-refractivity contribution in [2.75, 3.05) is 0 Å². The molecule has 1 atom stereocenters. The number of fused-ring (bicyclic) bond motifs is 2. The summed E-state index contributed by atoms with van der Waals surface area (Å²) in [4.78, 5) is 18.3. The predicted octanol–water partition coefficient (Wildman–Crippen LogP) is 7.86. The molecule has 182 valence electrons. The second-order valence-corrected chi connectivity index (χ2v) is 10.5. The van der Waals surface area contributed by atoms with E-state index in [1.165, 1.54) is 4.68 Å². The fraction of sp³-hybridized carbons (Fsp3) is 0.179. The lowest BCUT2D eigenvalue weighted by Crippen LogP contribution is -2.23. The lowest BCUT2D eigenvalue weighted by molar-refractivity contribution is 0.613. The third-order valence-electron chi connectivity index (χ3n) is 6.37. The monoisotopic (exact) mass is 580 g/mol. The van der Waals surface area contributed by atoms with E-state index in [4.69, 9.17) is 28.2 Å². The van der Waals surface area contributed by atoms with Gasteiger partial charge >= 0.3 is 0 Å². The fourth-order valence-corrected chi connectivity index (χ4v) is 5.07. The van der Waals surface area contributed by atoms with Crippen molar-refractivity contribution in [2.24, 2.45) is 5.10 Å². The third kappa shape index (κ3) is 4.73. The maximum atomic E-state index is 13.5. The highest BCUT2D eigenvalue weighted by Crippen LogP contribution is 2.26. The molecule has 0 unspecified atom stereocenters. The Labute approximate surface area is 227 Å². The molecule has 8 heteroatoms. The minimum absolute atomic E-state index is 0.0660. The zero-order valence-corrected chi connectivity index (χ0v) is 22.8. The third-order valence-corrected chi connectivity index (χ3v) is 7.45. The summed E-state index contributed by atoms with van der Waals surface area (Å²) >= 11 is 16.0. The minimum atomic E-state index is -0.190. The first-order valence-corrected chi connectivity index (χ1v) is 13.2. The van der Waals surface area contributed by atoms with Crippen molar-refractivity contribution in [1.29, 1.82) is 0 Å². The zero-order chi connectivity index (χ0) is 25.4. The van der Waals surface area contributed by atoms with E-state index in [0.29, 0.717) is 33.3 Å². The van der Waals surface area contributed by atoms with Crippen LogP contribution in [0.1, 0.15) is 43.1 Å². The summed E-state index contributed by atoms with van der Waals surface area (Å²) in [5, 5.41) is 7.44. The molecule has 5 aromatic rings. The summed E-state index contributed by atoms with van der Waals surface area (Å²) in [7, 11) is 0. The molecular formula is C28H23BrCl2N4O. The molecule has 5 rings (SSSR count). The molecule has 0 N–H and O–H groups in total. The normalized spacial score (nSPS) is 12.7. The van der Waals surface area contributed by atoms with Gasteiger partial charge in [-0.2, -0.15) is 9.78 Å². The Hall–Kier alpha value is -2.93. The lowest BCUT2D eigenvalue weighted by Gasteiger charge is -2.13. The highest BCUT2D eigenvalue weighted by atomic mass is 79.9. The van der Waals surface area contributed by atoms with Crippen molar-refractivity contribution >= 4 is 67.2 Å². The van der Waals surface area contributed by atoms with Crippen molar-refractivity contribution in [2.45, 2.75) is 32.7 Å². The standard InChI is InChI=1S/C28H23BrCl2N4O/c1-3-17(2)27-33-25-11-9-20(29)12-23(25)28(36)35(27)32-14-19-16-34(26-7-5-4-6-22(19)26)15-18-8-10-21(30)13-24(18)31/h4-14,16-17H,3,15H2,1-2H3/t17-/m0/s1. The molecule has 0 aliphatic carbocycles. The van der Waals surface area contributed by atoms with Gasteiger partial charge in [-0.1, -0.05) is 77.2 Å². The van der Waals surface area contributed by atoms with Crippen molar-refractivity contribution < 1.29 is 0 Å². The molecule has 36 heavy (non-hydrogen) atoms. The van der Waals surface area contributed by atoms with E-state index in [0.717, 1.165) is 32.9 Å². The second kappa shape index (κ2) is 10.2. The number of para-hydroxylation sites is 1. The molecule has 0 saturated heterocycles. The smallest absolute Gasteiger partial charge is 0.282 e. The quantitative estimate of drug-likeness (QED) is 0.192. The van der Waals surface area contributed by atoms with E-state index in [1.54, 1.807) is 18.3 Å². The number of hydrogen-bond acceptors (Lipinski definition) is 3. The summed E-state index contributed by atoms with van der Waals surface area (Å²) in [5.41, 5.74) is 3.38. The Morgan fingerprint density at radius 3 is 2.67 bits per heavy atom. The topological polar surface area (TPSA) is 52.2 Å². The van der Waals surface area contributed by atoms with Crippen LogP contribution in [-0.2, 0) is 6.54 Å². The average Bonchev–Trinajstić information content (AvgIpc) is 3.22. The second-order valence-electron chi connectivity index (χ2n) is 8.77. The van der Waals surface area contributed by atoms with E-state index in [2.05, 4.69) is 45.5 Å². The van der Waals surface area contributed by atoms with Gasteiger partial charge in [0.2, 0.25) is 0 Å². The van der Waals surface area contributed by atoms with Crippen LogP contribution in [-0.4, -0.2) is 20.4 Å². The minimum Gasteiger partial charge on any atom is -0.342 e. The number of halogens is 3. The molecular weight excluding hydrogens is 559 g/mol. The van der Waals surface area contributed by atoms with Crippen LogP contribution in [0.3, 0.4) is 0 Å². The number of benzene rings is 3. The van der Waals surface area contributed by atoms with Crippen LogP contribution in [0.5, 0.6) is 0 Å².